The fraction of sp³-hybridized carbons (Fsp3) is 0. The van der Waals surface area contributed by atoms with E-state index in [0.29, 0.717) is 5.75 Å². The zero-order valence-electron chi connectivity index (χ0n) is 9.45. The summed E-state index contributed by atoms with van der Waals surface area (Å²) in [6, 6.07) is 17.3. The second-order valence-corrected chi connectivity index (χ2v) is 3.72. The molecule has 0 radical (unpaired) electrons. The zero-order valence-corrected chi connectivity index (χ0v) is 9.45. The van der Waals surface area contributed by atoms with Gasteiger partial charge in [0.1, 0.15) is 5.75 Å². The van der Waals surface area contributed by atoms with Gasteiger partial charge in [0.05, 0.1) is 0 Å². The van der Waals surface area contributed by atoms with Crippen LogP contribution in [0.25, 0.3) is 12.2 Å². The fourth-order valence-corrected chi connectivity index (χ4v) is 1.48. The summed E-state index contributed by atoms with van der Waals surface area (Å²) < 4.78 is 0. The fourth-order valence-electron chi connectivity index (χ4n) is 1.48. The van der Waals surface area contributed by atoms with Crippen LogP contribution >= 0.6 is 0 Å². The third-order valence-corrected chi connectivity index (χ3v) is 2.38. The topological polar surface area (TPSA) is 20.2 Å². The van der Waals surface area contributed by atoms with Crippen LogP contribution in [0.4, 0.5) is 0 Å². The average molecular weight is 222 g/mol. The van der Waals surface area contributed by atoms with Crippen LogP contribution in [-0.2, 0) is 0 Å². The maximum Gasteiger partial charge on any atom is 0.115 e. The van der Waals surface area contributed by atoms with Crippen molar-refractivity contribution in [1.29, 1.82) is 0 Å². The first kappa shape index (κ1) is 11.2. The number of benzene rings is 2. The number of hydrogen-bond donors (Lipinski definition) is 1. The number of phenolic OH excluding ortho intramolecular Hbond substituents is 1. The van der Waals surface area contributed by atoms with Gasteiger partial charge >= 0.3 is 0 Å². The maximum atomic E-state index is 9.14. The van der Waals surface area contributed by atoms with Crippen molar-refractivity contribution in [3.63, 3.8) is 0 Å². The summed E-state index contributed by atoms with van der Waals surface area (Å²) >= 11 is 0. The van der Waals surface area contributed by atoms with Gasteiger partial charge in [-0.05, 0) is 23.3 Å². The molecule has 0 unspecified atom stereocenters. The van der Waals surface area contributed by atoms with Gasteiger partial charge in [0.15, 0.2) is 0 Å². The quantitative estimate of drug-likeness (QED) is 0.774. The highest BCUT2D eigenvalue weighted by atomic mass is 16.3. The summed E-state index contributed by atoms with van der Waals surface area (Å²) in [6.07, 6.45) is 8.04. The number of allylic oxidation sites excluding steroid dienone is 2. The van der Waals surface area contributed by atoms with Crippen molar-refractivity contribution in [3.05, 3.63) is 77.9 Å². The summed E-state index contributed by atoms with van der Waals surface area (Å²) in [7, 11) is 0. The first-order chi connectivity index (χ1) is 8.34. The Morgan fingerprint density at radius 1 is 0.647 bits per heavy atom. The molecule has 1 heteroatoms. The molecule has 0 aromatic heterocycles. The second-order valence-electron chi connectivity index (χ2n) is 3.72. The molecule has 2 aromatic carbocycles. The van der Waals surface area contributed by atoms with Crippen LogP contribution in [0.3, 0.4) is 0 Å². The van der Waals surface area contributed by atoms with E-state index in [1.54, 1.807) is 12.1 Å². The highest BCUT2D eigenvalue weighted by molar-refractivity contribution is 5.57. The molecule has 0 amide bonds. The van der Waals surface area contributed by atoms with Crippen molar-refractivity contribution in [2.75, 3.05) is 0 Å². The smallest absolute Gasteiger partial charge is 0.115 e. The molecule has 1 nitrogen and oxygen atoms in total. The molecule has 17 heavy (non-hydrogen) atoms. The van der Waals surface area contributed by atoms with Crippen molar-refractivity contribution >= 4 is 12.2 Å². The Balaban J connectivity index is 1.98. The molecule has 0 aliphatic rings. The third kappa shape index (κ3) is 3.65. The maximum absolute atomic E-state index is 9.14. The molecule has 2 aromatic rings. The Bertz CT molecular complexity index is 507. The van der Waals surface area contributed by atoms with E-state index in [2.05, 4.69) is 18.2 Å². The van der Waals surface area contributed by atoms with Crippen LogP contribution in [0.15, 0.2) is 66.7 Å². The molecular weight excluding hydrogens is 208 g/mol. The molecule has 0 saturated carbocycles. The Morgan fingerprint density at radius 3 is 1.76 bits per heavy atom. The van der Waals surface area contributed by atoms with Gasteiger partial charge < -0.3 is 5.11 Å². The van der Waals surface area contributed by atoms with E-state index in [1.807, 2.05) is 48.6 Å². The van der Waals surface area contributed by atoms with Crippen molar-refractivity contribution in [2.45, 2.75) is 0 Å². The molecule has 2 rings (SSSR count). The normalized spacial score (nSPS) is 11.3. The summed E-state index contributed by atoms with van der Waals surface area (Å²) in [5, 5.41) is 9.14. The molecule has 84 valence electrons. The standard InChI is InChI=1S/C16H14O/c17-16-12-10-15(11-13-16)9-5-4-8-14-6-2-1-3-7-14/h1-13,17H/b8-4-,9-5+. The van der Waals surface area contributed by atoms with Crippen LogP contribution in [0.2, 0.25) is 0 Å². The van der Waals surface area contributed by atoms with Gasteiger partial charge in [0.25, 0.3) is 0 Å². The molecule has 0 spiro atoms. The van der Waals surface area contributed by atoms with Crippen LogP contribution in [0.1, 0.15) is 11.1 Å². The Morgan fingerprint density at radius 2 is 1.18 bits per heavy atom. The minimum absolute atomic E-state index is 0.293. The Kier molecular flexibility index (Phi) is 3.77. The summed E-state index contributed by atoms with van der Waals surface area (Å²) in [6.45, 7) is 0. The number of phenols is 1. The Labute approximate surface area is 101 Å². The Hall–Kier alpha value is -2.28. The molecule has 0 saturated heterocycles. The van der Waals surface area contributed by atoms with Gasteiger partial charge in [0, 0.05) is 0 Å². The van der Waals surface area contributed by atoms with Crippen LogP contribution in [-0.4, -0.2) is 5.11 Å². The van der Waals surface area contributed by atoms with Crippen LogP contribution in [0.5, 0.6) is 5.75 Å². The molecule has 0 atom stereocenters. The summed E-state index contributed by atoms with van der Waals surface area (Å²) in [4.78, 5) is 0. The van der Waals surface area contributed by atoms with E-state index in [0.717, 1.165) is 5.56 Å². The lowest BCUT2D eigenvalue weighted by Crippen LogP contribution is -1.69. The van der Waals surface area contributed by atoms with E-state index in [9.17, 15) is 0 Å². The monoisotopic (exact) mass is 222 g/mol. The summed E-state index contributed by atoms with van der Waals surface area (Å²) in [5.41, 5.74) is 2.25. The minimum Gasteiger partial charge on any atom is -0.508 e. The number of aromatic hydroxyl groups is 1. The predicted octanol–water partition coefficient (Wildman–Crippen LogP) is 4.12. The zero-order chi connectivity index (χ0) is 11.9. The predicted molar refractivity (Wildman–Crippen MR) is 72.6 cm³/mol. The van der Waals surface area contributed by atoms with Gasteiger partial charge in [-0.2, -0.15) is 0 Å². The van der Waals surface area contributed by atoms with E-state index < -0.39 is 0 Å². The van der Waals surface area contributed by atoms with Crippen molar-refractivity contribution < 1.29 is 5.11 Å². The first-order valence-electron chi connectivity index (χ1n) is 5.53. The van der Waals surface area contributed by atoms with E-state index in [4.69, 9.17) is 5.11 Å². The van der Waals surface area contributed by atoms with Crippen molar-refractivity contribution in [3.8, 4) is 5.75 Å². The average Bonchev–Trinajstić information content (AvgIpc) is 2.38. The highest BCUT2D eigenvalue weighted by Gasteiger charge is 1.86. The van der Waals surface area contributed by atoms with Gasteiger partial charge in [0.2, 0.25) is 0 Å². The number of rotatable bonds is 3. The van der Waals surface area contributed by atoms with Crippen LogP contribution in [0, 0.1) is 0 Å². The van der Waals surface area contributed by atoms with E-state index >= 15 is 0 Å². The molecular formula is C16H14O. The van der Waals surface area contributed by atoms with Crippen molar-refractivity contribution in [1.82, 2.24) is 0 Å². The van der Waals surface area contributed by atoms with Crippen LogP contribution < -0.4 is 0 Å². The molecule has 0 aliphatic carbocycles. The minimum atomic E-state index is 0.293. The highest BCUT2D eigenvalue weighted by Crippen LogP contribution is 2.11. The van der Waals surface area contributed by atoms with Crippen molar-refractivity contribution in [2.24, 2.45) is 0 Å². The number of hydrogen-bond acceptors (Lipinski definition) is 1. The largest absolute Gasteiger partial charge is 0.508 e. The van der Waals surface area contributed by atoms with Gasteiger partial charge in [-0.25, -0.2) is 0 Å². The lowest BCUT2D eigenvalue weighted by molar-refractivity contribution is 0.475. The molecule has 0 heterocycles. The van der Waals surface area contributed by atoms with Gasteiger partial charge in [-0.3, -0.25) is 0 Å². The molecule has 0 bridgehead atoms. The second kappa shape index (κ2) is 5.71. The molecule has 0 aliphatic heterocycles. The third-order valence-electron chi connectivity index (χ3n) is 2.38. The van der Waals surface area contributed by atoms with E-state index in [1.165, 1.54) is 5.56 Å². The lowest BCUT2D eigenvalue weighted by Gasteiger charge is -1.92. The SMILES string of the molecule is Oc1ccc(/C=C/C=C\c2ccccc2)cc1. The van der Waals surface area contributed by atoms with E-state index in [-0.39, 0.29) is 0 Å². The van der Waals surface area contributed by atoms with Gasteiger partial charge in [-0.15, -0.1) is 0 Å². The lowest BCUT2D eigenvalue weighted by atomic mass is 10.2. The summed E-state index contributed by atoms with van der Waals surface area (Å²) in [5.74, 6) is 0.293. The van der Waals surface area contributed by atoms with Gasteiger partial charge in [-0.1, -0.05) is 66.8 Å². The molecule has 1 N–H and O–H groups in total. The molecule has 0 fully saturated rings. The first-order valence-corrected chi connectivity index (χ1v) is 5.53.